The lowest BCUT2D eigenvalue weighted by Crippen LogP contribution is -2.03. The third kappa shape index (κ3) is 1.25. The van der Waals surface area contributed by atoms with Gasteiger partial charge in [0.2, 0.25) is 5.88 Å². The number of methoxy groups -OCH3 is 1. The number of hydrogen-bond donors (Lipinski definition) is 0. The zero-order chi connectivity index (χ0) is 9.31. The van der Waals surface area contributed by atoms with E-state index in [4.69, 9.17) is 10.00 Å². The number of nitriles is 1. The van der Waals surface area contributed by atoms with Crippen molar-refractivity contribution in [3.05, 3.63) is 23.9 Å². The van der Waals surface area contributed by atoms with E-state index in [1.54, 1.807) is 13.3 Å². The second-order valence-electron chi connectivity index (χ2n) is 3.28. The van der Waals surface area contributed by atoms with Crippen molar-refractivity contribution in [1.29, 1.82) is 5.26 Å². The van der Waals surface area contributed by atoms with Gasteiger partial charge in [-0.15, -0.1) is 0 Å². The largest absolute Gasteiger partial charge is 0.481 e. The van der Waals surface area contributed by atoms with E-state index in [0.29, 0.717) is 5.88 Å². The molecule has 1 fully saturated rings. The fourth-order valence-corrected chi connectivity index (χ4v) is 1.41. The second-order valence-corrected chi connectivity index (χ2v) is 3.28. The van der Waals surface area contributed by atoms with E-state index >= 15 is 0 Å². The molecule has 0 spiro atoms. The van der Waals surface area contributed by atoms with Gasteiger partial charge in [0.05, 0.1) is 18.6 Å². The normalized spacial score (nSPS) is 17.5. The summed E-state index contributed by atoms with van der Waals surface area (Å²) < 4.78 is 5.00. The topological polar surface area (TPSA) is 45.9 Å². The van der Waals surface area contributed by atoms with Crippen LogP contribution >= 0.6 is 0 Å². The standard InChI is InChI=1S/C10H10N2O/c1-13-9-6-8(2-5-12-9)10(7-11)3-4-10/h2,5-6H,3-4H2,1H3. The number of rotatable bonds is 2. The van der Waals surface area contributed by atoms with Crippen LogP contribution in [0.4, 0.5) is 0 Å². The molecule has 0 atom stereocenters. The number of nitrogens with zero attached hydrogens (tertiary/aromatic N) is 2. The summed E-state index contributed by atoms with van der Waals surface area (Å²) in [6, 6.07) is 6.07. The summed E-state index contributed by atoms with van der Waals surface area (Å²) in [5.41, 5.74) is 0.790. The minimum absolute atomic E-state index is 0.240. The highest BCUT2D eigenvalue weighted by Gasteiger charge is 2.45. The van der Waals surface area contributed by atoms with Gasteiger partial charge >= 0.3 is 0 Å². The van der Waals surface area contributed by atoms with Gasteiger partial charge in [-0.3, -0.25) is 0 Å². The Balaban J connectivity index is 2.37. The third-order valence-corrected chi connectivity index (χ3v) is 2.46. The zero-order valence-electron chi connectivity index (χ0n) is 7.45. The molecule has 0 saturated heterocycles. The van der Waals surface area contributed by atoms with Crippen LogP contribution in [0.25, 0.3) is 0 Å². The first-order valence-electron chi connectivity index (χ1n) is 4.22. The van der Waals surface area contributed by atoms with E-state index in [1.807, 2.05) is 12.1 Å². The van der Waals surface area contributed by atoms with Gasteiger partial charge in [-0.2, -0.15) is 5.26 Å². The van der Waals surface area contributed by atoms with Crippen LogP contribution in [0, 0.1) is 11.3 Å². The van der Waals surface area contributed by atoms with E-state index < -0.39 is 0 Å². The van der Waals surface area contributed by atoms with Gasteiger partial charge in [0, 0.05) is 12.3 Å². The fourth-order valence-electron chi connectivity index (χ4n) is 1.41. The SMILES string of the molecule is COc1cc(C2(C#N)CC2)ccn1. The van der Waals surface area contributed by atoms with E-state index in [9.17, 15) is 0 Å². The summed E-state index contributed by atoms with van der Waals surface area (Å²) in [4.78, 5) is 4.00. The quantitative estimate of drug-likeness (QED) is 0.684. The predicted octanol–water partition coefficient (Wildman–Crippen LogP) is 1.65. The van der Waals surface area contributed by atoms with Crippen LogP contribution in [0.5, 0.6) is 5.88 Å². The Kier molecular flexibility index (Phi) is 1.70. The van der Waals surface area contributed by atoms with Gasteiger partial charge in [0.25, 0.3) is 0 Å². The van der Waals surface area contributed by atoms with Crippen molar-refractivity contribution < 1.29 is 4.74 Å². The van der Waals surface area contributed by atoms with Gasteiger partial charge in [0.1, 0.15) is 0 Å². The molecule has 2 rings (SSSR count). The molecule has 0 amide bonds. The molecule has 0 bridgehead atoms. The van der Waals surface area contributed by atoms with Crippen LogP contribution in [0.3, 0.4) is 0 Å². The van der Waals surface area contributed by atoms with Crippen molar-refractivity contribution in [2.75, 3.05) is 7.11 Å². The maximum atomic E-state index is 8.96. The maximum absolute atomic E-state index is 8.96. The summed E-state index contributed by atoms with van der Waals surface area (Å²) >= 11 is 0. The molecule has 3 nitrogen and oxygen atoms in total. The van der Waals surface area contributed by atoms with Crippen molar-refractivity contribution in [3.8, 4) is 11.9 Å². The van der Waals surface area contributed by atoms with Crippen LogP contribution in [0.15, 0.2) is 18.3 Å². The van der Waals surface area contributed by atoms with E-state index in [1.165, 1.54) is 0 Å². The Labute approximate surface area is 77.0 Å². The maximum Gasteiger partial charge on any atom is 0.213 e. The van der Waals surface area contributed by atoms with Gasteiger partial charge in [0.15, 0.2) is 0 Å². The molecule has 1 aliphatic rings. The summed E-state index contributed by atoms with van der Waals surface area (Å²) in [7, 11) is 1.58. The monoisotopic (exact) mass is 174 g/mol. The molecule has 66 valence electrons. The second kappa shape index (κ2) is 2.74. The summed E-state index contributed by atoms with van der Waals surface area (Å²) in [6.07, 6.45) is 3.60. The van der Waals surface area contributed by atoms with Gasteiger partial charge in [-0.1, -0.05) is 0 Å². The van der Waals surface area contributed by atoms with Crippen LogP contribution in [-0.4, -0.2) is 12.1 Å². The lowest BCUT2D eigenvalue weighted by molar-refractivity contribution is 0.397. The predicted molar refractivity (Wildman–Crippen MR) is 47.3 cm³/mol. The van der Waals surface area contributed by atoms with Gasteiger partial charge in [-0.25, -0.2) is 4.98 Å². The molecule has 1 aromatic rings. The zero-order valence-corrected chi connectivity index (χ0v) is 7.45. The van der Waals surface area contributed by atoms with E-state index in [2.05, 4.69) is 11.1 Å². The lowest BCUT2D eigenvalue weighted by atomic mass is 9.99. The van der Waals surface area contributed by atoms with Gasteiger partial charge in [-0.05, 0) is 24.5 Å². The Morgan fingerprint density at radius 3 is 2.92 bits per heavy atom. The van der Waals surface area contributed by atoms with Gasteiger partial charge < -0.3 is 4.74 Å². The van der Waals surface area contributed by atoms with E-state index in [-0.39, 0.29) is 5.41 Å². The van der Waals surface area contributed by atoms with Crippen LogP contribution in [0.1, 0.15) is 18.4 Å². The molecule has 13 heavy (non-hydrogen) atoms. The molecule has 0 radical (unpaired) electrons. The Morgan fingerprint density at radius 1 is 1.62 bits per heavy atom. The van der Waals surface area contributed by atoms with Crippen molar-refractivity contribution in [3.63, 3.8) is 0 Å². The molecule has 0 N–H and O–H groups in total. The number of hydrogen-bond acceptors (Lipinski definition) is 3. The minimum Gasteiger partial charge on any atom is -0.481 e. The number of aromatic nitrogens is 1. The van der Waals surface area contributed by atoms with E-state index in [0.717, 1.165) is 18.4 Å². The van der Waals surface area contributed by atoms with Crippen LogP contribution in [-0.2, 0) is 5.41 Å². The molecule has 0 unspecified atom stereocenters. The van der Waals surface area contributed by atoms with Crippen molar-refractivity contribution >= 4 is 0 Å². The summed E-state index contributed by atoms with van der Waals surface area (Å²) in [5, 5.41) is 8.96. The summed E-state index contributed by atoms with van der Waals surface area (Å²) in [6.45, 7) is 0. The van der Waals surface area contributed by atoms with Crippen molar-refractivity contribution in [2.24, 2.45) is 0 Å². The number of pyridine rings is 1. The molecule has 3 heteroatoms. The number of ether oxygens (including phenoxy) is 1. The molecular weight excluding hydrogens is 164 g/mol. The molecule has 1 aliphatic carbocycles. The highest BCUT2D eigenvalue weighted by Crippen LogP contribution is 2.47. The Bertz CT molecular complexity index is 363. The first-order valence-corrected chi connectivity index (χ1v) is 4.22. The average molecular weight is 174 g/mol. The first-order chi connectivity index (χ1) is 6.30. The Hall–Kier alpha value is -1.56. The van der Waals surface area contributed by atoms with Crippen molar-refractivity contribution in [1.82, 2.24) is 4.98 Å². The highest BCUT2D eigenvalue weighted by atomic mass is 16.5. The average Bonchev–Trinajstić information content (AvgIpc) is 2.99. The molecule has 1 saturated carbocycles. The minimum atomic E-state index is -0.240. The van der Waals surface area contributed by atoms with Crippen LogP contribution in [0.2, 0.25) is 0 Å². The molecular formula is C10H10N2O. The smallest absolute Gasteiger partial charge is 0.213 e. The van der Waals surface area contributed by atoms with Crippen LogP contribution < -0.4 is 4.74 Å². The highest BCUT2D eigenvalue weighted by molar-refractivity contribution is 5.39. The molecule has 0 aliphatic heterocycles. The fraction of sp³-hybridized carbons (Fsp3) is 0.400. The molecule has 0 aromatic carbocycles. The van der Waals surface area contributed by atoms with Crippen molar-refractivity contribution in [2.45, 2.75) is 18.3 Å². The summed E-state index contributed by atoms with van der Waals surface area (Å²) in [5.74, 6) is 0.582. The third-order valence-electron chi connectivity index (χ3n) is 2.46. The molecule has 1 aromatic heterocycles. The first kappa shape index (κ1) is 8.06. The lowest BCUT2D eigenvalue weighted by Gasteiger charge is -2.06. The Morgan fingerprint density at radius 2 is 2.38 bits per heavy atom. The molecule has 1 heterocycles.